The van der Waals surface area contributed by atoms with Crippen molar-refractivity contribution < 1.29 is 19.2 Å². The van der Waals surface area contributed by atoms with E-state index in [-0.39, 0.29) is 6.42 Å². The molecule has 1 aromatic carbocycles. The molecule has 0 fully saturated rings. The fraction of sp³-hybridized carbons (Fsp3) is 0.294. The fourth-order valence-corrected chi connectivity index (χ4v) is 2.44. The number of benzene rings is 1. The molecule has 0 N–H and O–H groups in total. The van der Waals surface area contributed by atoms with Gasteiger partial charge in [0.05, 0.1) is 0 Å². The van der Waals surface area contributed by atoms with E-state index in [0.717, 1.165) is 22.7 Å². The van der Waals surface area contributed by atoms with Gasteiger partial charge in [0.25, 0.3) is 0 Å². The Morgan fingerprint density at radius 1 is 1.21 bits per heavy atom. The summed E-state index contributed by atoms with van der Waals surface area (Å²) in [4.78, 5) is 38.6. The molecule has 124 valence electrons. The zero-order chi connectivity index (χ0) is 17.7. The minimum atomic E-state index is -0.901. The third-order valence-electron chi connectivity index (χ3n) is 3.78. The lowest BCUT2D eigenvalue weighted by Crippen LogP contribution is -2.41. The Morgan fingerprint density at radius 3 is 2.58 bits per heavy atom. The first kappa shape index (κ1) is 17.3. The van der Waals surface area contributed by atoms with E-state index in [9.17, 15) is 14.4 Å². The Morgan fingerprint density at radius 2 is 1.92 bits per heavy atom. The fourth-order valence-electron chi connectivity index (χ4n) is 2.44. The van der Waals surface area contributed by atoms with E-state index in [1.54, 1.807) is 0 Å². The monoisotopic (exact) mass is 326 g/mol. The van der Waals surface area contributed by atoms with Crippen LogP contribution in [0.3, 0.4) is 0 Å². The Kier molecular flexibility index (Phi) is 5.39. The number of carbonyl (C=O) groups excluding carboxylic acids is 3. The summed E-state index contributed by atoms with van der Waals surface area (Å²) in [5, 5.41) is 1.13. The lowest BCUT2D eigenvalue weighted by atomic mass is 10.2. The molecule has 0 aliphatic rings. The van der Waals surface area contributed by atoms with Crippen LogP contribution in [0, 0.1) is 0 Å². The Labute approximate surface area is 139 Å². The van der Waals surface area contributed by atoms with Crippen LogP contribution in [0.4, 0.5) is 0 Å². The van der Waals surface area contributed by atoms with Crippen molar-refractivity contribution in [2.45, 2.75) is 26.3 Å². The molecule has 2 amide bonds. The van der Waals surface area contributed by atoms with Crippen molar-refractivity contribution in [3.8, 4) is 0 Å². The maximum absolute atomic E-state index is 12.1. The van der Waals surface area contributed by atoms with Crippen LogP contribution in [0.1, 0.15) is 19.8 Å². The molecule has 1 heterocycles. The second kappa shape index (κ2) is 7.48. The summed E-state index contributed by atoms with van der Waals surface area (Å²) >= 11 is 0. The van der Waals surface area contributed by atoms with Crippen LogP contribution < -0.4 is 0 Å². The van der Waals surface area contributed by atoms with E-state index in [1.165, 1.54) is 7.05 Å². The molecule has 0 saturated heterocycles. The molecular weight excluding hydrogens is 308 g/mol. The van der Waals surface area contributed by atoms with Crippen LogP contribution in [0.5, 0.6) is 0 Å². The van der Waals surface area contributed by atoms with Crippen molar-refractivity contribution in [3.05, 3.63) is 42.1 Å². The molecule has 7 nitrogen and oxygen atoms in total. The number of aryl methyl sites for hydroxylation is 1. The van der Waals surface area contributed by atoms with Gasteiger partial charge in [0.1, 0.15) is 0 Å². The highest BCUT2D eigenvalue weighted by atomic mass is 16.2. The Bertz CT molecular complexity index is 846. The summed E-state index contributed by atoms with van der Waals surface area (Å²) in [6.45, 7) is 1.73. The van der Waals surface area contributed by atoms with Gasteiger partial charge in [-0.05, 0) is 23.9 Å². The predicted molar refractivity (Wildman–Crippen MR) is 88.3 cm³/mol. The Hall–Kier alpha value is -3.05. The van der Waals surface area contributed by atoms with E-state index in [2.05, 4.69) is 4.79 Å². The van der Waals surface area contributed by atoms with Gasteiger partial charge in [0.2, 0.25) is 11.7 Å². The number of imide groups is 1. The van der Waals surface area contributed by atoms with Gasteiger partial charge in [0, 0.05) is 38.7 Å². The molecule has 0 bridgehead atoms. The second-order valence-electron chi connectivity index (χ2n) is 5.43. The number of Topliss-reactive ketones (excluding diaryl/α,β-unsaturated/α-hetero) is 1. The molecule has 0 radical (unpaired) electrons. The third-order valence-corrected chi connectivity index (χ3v) is 3.78. The summed E-state index contributed by atoms with van der Waals surface area (Å²) in [7, 11) is 1.27. The van der Waals surface area contributed by atoms with Gasteiger partial charge in [-0.1, -0.05) is 18.2 Å². The maximum atomic E-state index is 12.1. The molecule has 1 aromatic heterocycles. The van der Waals surface area contributed by atoms with Gasteiger partial charge < -0.3 is 10.1 Å². The molecule has 2 aromatic rings. The van der Waals surface area contributed by atoms with Crippen molar-refractivity contribution in [1.29, 1.82) is 0 Å². The minimum absolute atomic E-state index is 0.144. The van der Waals surface area contributed by atoms with Crippen molar-refractivity contribution >= 4 is 34.2 Å². The maximum Gasteiger partial charge on any atom is 0.421 e. The molecule has 0 saturated carbocycles. The average Bonchev–Trinajstić information content (AvgIpc) is 2.97. The normalized spacial score (nSPS) is 10.2. The molecule has 0 aliphatic heterocycles. The lowest BCUT2D eigenvalue weighted by molar-refractivity contribution is -0.142. The number of hydrogen-bond donors (Lipinski definition) is 0. The van der Waals surface area contributed by atoms with Crippen molar-refractivity contribution in [2.24, 2.45) is 0 Å². The van der Waals surface area contributed by atoms with Gasteiger partial charge >= 0.3 is 11.6 Å². The van der Waals surface area contributed by atoms with Crippen LogP contribution in [0.15, 0.2) is 36.5 Å². The predicted octanol–water partition coefficient (Wildman–Crippen LogP) is 1.67. The number of rotatable bonds is 6. The highest BCUT2D eigenvalue weighted by Gasteiger charge is 2.31. The van der Waals surface area contributed by atoms with Crippen molar-refractivity contribution in [3.63, 3.8) is 0 Å². The first-order valence-corrected chi connectivity index (χ1v) is 7.53. The zero-order valence-corrected chi connectivity index (χ0v) is 13.6. The number of fused-ring (bicyclic) bond motifs is 1. The number of aromatic nitrogens is 1. The van der Waals surface area contributed by atoms with Crippen LogP contribution >= 0.6 is 0 Å². The quantitative estimate of drug-likeness (QED) is 0.349. The summed E-state index contributed by atoms with van der Waals surface area (Å²) in [6.07, 6.45) is 2.64. The highest BCUT2D eigenvalue weighted by Crippen LogP contribution is 2.15. The number of hydrogen-bond acceptors (Lipinski definition) is 3. The largest absolute Gasteiger partial charge is 0.421 e. The molecule has 7 heteroatoms. The lowest BCUT2D eigenvalue weighted by Gasteiger charge is -2.12. The van der Waals surface area contributed by atoms with Crippen LogP contribution in [0.25, 0.3) is 16.4 Å². The van der Waals surface area contributed by atoms with Crippen LogP contribution in [0.2, 0.25) is 0 Å². The number of amides is 2. The first-order chi connectivity index (χ1) is 11.5. The smallest absolute Gasteiger partial charge is 0.360 e. The topological polar surface area (TPSA) is 95.8 Å². The number of carbonyl (C=O) groups is 3. The summed E-state index contributed by atoms with van der Waals surface area (Å²) < 4.78 is 2.04. The molecule has 0 atom stereocenters. The molecule has 0 unspecified atom stereocenters. The van der Waals surface area contributed by atoms with E-state index < -0.39 is 23.3 Å². The highest BCUT2D eigenvalue weighted by molar-refractivity contribution is 6.63. The standard InChI is InChI=1S/C17H18N4O3/c1-12(22)16(19-18)17(24)20(2)15(23)8-5-10-21-11-9-13-6-3-4-7-14(13)21/h3-4,6-7,9,11H,5,8,10H2,1-2H3. The summed E-state index contributed by atoms with van der Waals surface area (Å²) in [5.41, 5.74) is 9.14. The third kappa shape index (κ3) is 3.64. The molecule has 0 aliphatic carbocycles. The van der Waals surface area contributed by atoms with Crippen LogP contribution in [-0.2, 0) is 20.9 Å². The van der Waals surface area contributed by atoms with E-state index in [4.69, 9.17) is 5.53 Å². The van der Waals surface area contributed by atoms with Gasteiger partial charge in [-0.2, -0.15) is 4.79 Å². The molecular formula is C17H18N4O3. The summed E-state index contributed by atoms with van der Waals surface area (Å²) in [6, 6.07) is 9.94. The number of ketones is 1. The average molecular weight is 326 g/mol. The second-order valence-corrected chi connectivity index (χ2v) is 5.43. The van der Waals surface area contributed by atoms with Gasteiger partial charge in [-0.25, -0.2) is 0 Å². The first-order valence-electron chi connectivity index (χ1n) is 7.53. The van der Waals surface area contributed by atoms with Crippen molar-refractivity contribution in [2.75, 3.05) is 7.05 Å². The minimum Gasteiger partial charge on any atom is -0.360 e. The van der Waals surface area contributed by atoms with Gasteiger partial charge in [-0.3, -0.25) is 19.3 Å². The molecule has 24 heavy (non-hydrogen) atoms. The van der Waals surface area contributed by atoms with E-state index in [0.29, 0.717) is 13.0 Å². The SMILES string of the molecule is CC(=O)C(=[N+]=[N-])C(=O)N(C)C(=O)CCCn1ccc2ccccc21. The van der Waals surface area contributed by atoms with Gasteiger partial charge in [-0.15, -0.1) is 0 Å². The number of nitrogens with zero attached hydrogens (tertiary/aromatic N) is 4. The molecule has 2 rings (SSSR count). The number of para-hydroxylation sites is 1. The molecule has 0 spiro atoms. The van der Waals surface area contributed by atoms with Crippen LogP contribution in [-0.4, -0.2) is 44.6 Å². The zero-order valence-electron chi connectivity index (χ0n) is 13.6. The van der Waals surface area contributed by atoms with Crippen molar-refractivity contribution in [1.82, 2.24) is 9.47 Å². The van der Waals surface area contributed by atoms with E-state index >= 15 is 0 Å². The van der Waals surface area contributed by atoms with Gasteiger partial charge in [0.15, 0.2) is 0 Å². The Balaban J connectivity index is 1.94. The van der Waals surface area contributed by atoms with E-state index in [1.807, 2.05) is 41.1 Å². The summed E-state index contributed by atoms with van der Waals surface area (Å²) in [5.74, 6) is -2.03.